The second kappa shape index (κ2) is 4.09. The van der Waals surface area contributed by atoms with Gasteiger partial charge in [-0.3, -0.25) is 0 Å². The fraction of sp³-hybridized carbons (Fsp3) is 0.417. The number of rotatable bonds is 2. The lowest BCUT2D eigenvalue weighted by Crippen LogP contribution is -1.90. The van der Waals surface area contributed by atoms with E-state index in [1.807, 2.05) is 6.92 Å². The van der Waals surface area contributed by atoms with E-state index in [2.05, 4.69) is 36.4 Å². The highest BCUT2D eigenvalue weighted by molar-refractivity contribution is 7.80. The predicted octanol–water partition coefficient (Wildman–Crippen LogP) is 3.82. The molecule has 0 radical (unpaired) electrons. The van der Waals surface area contributed by atoms with Gasteiger partial charge in [-0.15, -0.1) is 0 Å². The third-order valence-electron chi connectivity index (χ3n) is 2.62. The molecule has 0 amide bonds. The van der Waals surface area contributed by atoms with Crippen LogP contribution in [0.2, 0.25) is 0 Å². The van der Waals surface area contributed by atoms with Crippen molar-refractivity contribution in [3.05, 3.63) is 29.3 Å². The van der Waals surface area contributed by atoms with Crippen molar-refractivity contribution in [2.45, 2.75) is 31.9 Å². The van der Waals surface area contributed by atoms with Crippen molar-refractivity contribution in [1.29, 1.82) is 0 Å². The van der Waals surface area contributed by atoms with E-state index in [4.69, 9.17) is 0 Å². The molecule has 0 saturated carbocycles. The van der Waals surface area contributed by atoms with Gasteiger partial charge in [0.2, 0.25) is 0 Å². The Bertz CT molecular complexity index is 517. The minimum Gasteiger partial charge on any atom is -0.342 e. The van der Waals surface area contributed by atoms with Crippen molar-refractivity contribution >= 4 is 23.7 Å². The molecule has 1 N–H and O–H groups in total. The standard InChI is InChI=1S/C12H15FN2S/c1-6(2)12-14-10-4-8(7(3)16)9(13)5-11(10)15-12/h4-7,16H,1-3H3,(H,14,15). The van der Waals surface area contributed by atoms with Crippen LogP contribution >= 0.6 is 12.6 Å². The number of benzene rings is 1. The number of halogens is 1. The zero-order valence-corrected chi connectivity index (χ0v) is 10.5. The first-order valence-corrected chi connectivity index (χ1v) is 5.87. The molecule has 2 rings (SSSR count). The number of aromatic nitrogens is 2. The van der Waals surface area contributed by atoms with Gasteiger partial charge in [-0.25, -0.2) is 9.37 Å². The molecule has 16 heavy (non-hydrogen) atoms. The molecule has 0 aliphatic heterocycles. The Morgan fingerprint density at radius 1 is 1.31 bits per heavy atom. The smallest absolute Gasteiger partial charge is 0.129 e. The van der Waals surface area contributed by atoms with Gasteiger partial charge in [-0.1, -0.05) is 13.8 Å². The van der Waals surface area contributed by atoms with Crippen LogP contribution in [0.25, 0.3) is 11.0 Å². The monoisotopic (exact) mass is 238 g/mol. The van der Waals surface area contributed by atoms with E-state index in [1.165, 1.54) is 6.07 Å². The maximum absolute atomic E-state index is 13.7. The molecule has 2 nitrogen and oxygen atoms in total. The average Bonchev–Trinajstić information content (AvgIpc) is 2.58. The van der Waals surface area contributed by atoms with Crippen LogP contribution in [-0.4, -0.2) is 9.97 Å². The molecule has 0 bridgehead atoms. The lowest BCUT2D eigenvalue weighted by atomic mass is 10.1. The molecule has 1 aromatic carbocycles. The number of imidazole rings is 1. The molecule has 1 atom stereocenters. The summed E-state index contributed by atoms with van der Waals surface area (Å²) in [5, 5.41) is -0.116. The number of nitrogens with one attached hydrogen (secondary N) is 1. The summed E-state index contributed by atoms with van der Waals surface area (Å²) in [4.78, 5) is 7.56. The van der Waals surface area contributed by atoms with Gasteiger partial charge < -0.3 is 4.98 Å². The van der Waals surface area contributed by atoms with Crippen LogP contribution < -0.4 is 0 Å². The van der Waals surface area contributed by atoms with E-state index in [0.29, 0.717) is 17.0 Å². The van der Waals surface area contributed by atoms with Crippen LogP contribution in [0.5, 0.6) is 0 Å². The Morgan fingerprint density at radius 3 is 2.56 bits per heavy atom. The molecule has 1 heterocycles. The van der Waals surface area contributed by atoms with Crippen molar-refractivity contribution in [2.75, 3.05) is 0 Å². The van der Waals surface area contributed by atoms with Crippen LogP contribution in [0.4, 0.5) is 4.39 Å². The molecule has 0 fully saturated rings. The molecule has 2 aromatic rings. The highest BCUT2D eigenvalue weighted by Crippen LogP contribution is 2.27. The molecule has 1 aromatic heterocycles. The molecule has 86 valence electrons. The van der Waals surface area contributed by atoms with Gasteiger partial charge in [0, 0.05) is 22.8 Å². The number of hydrogen-bond acceptors (Lipinski definition) is 2. The number of fused-ring (bicyclic) bond motifs is 1. The van der Waals surface area contributed by atoms with Crippen molar-refractivity contribution in [1.82, 2.24) is 9.97 Å². The van der Waals surface area contributed by atoms with Gasteiger partial charge in [-0.2, -0.15) is 12.6 Å². The first-order valence-electron chi connectivity index (χ1n) is 5.36. The van der Waals surface area contributed by atoms with Gasteiger partial charge in [0.25, 0.3) is 0 Å². The van der Waals surface area contributed by atoms with Crippen LogP contribution in [0.3, 0.4) is 0 Å². The van der Waals surface area contributed by atoms with Crippen molar-refractivity contribution in [2.24, 2.45) is 0 Å². The summed E-state index contributed by atoms with van der Waals surface area (Å²) >= 11 is 4.26. The number of aromatic amines is 1. The first kappa shape index (κ1) is 11.5. The number of H-pyrrole nitrogens is 1. The maximum Gasteiger partial charge on any atom is 0.129 e. The molecule has 0 aliphatic rings. The maximum atomic E-state index is 13.7. The zero-order valence-electron chi connectivity index (χ0n) is 9.58. The van der Waals surface area contributed by atoms with E-state index in [9.17, 15) is 4.39 Å². The van der Waals surface area contributed by atoms with Gasteiger partial charge in [-0.05, 0) is 13.0 Å². The Balaban J connectivity index is 2.61. The minimum absolute atomic E-state index is 0.116. The van der Waals surface area contributed by atoms with Gasteiger partial charge in [0.15, 0.2) is 0 Å². The predicted molar refractivity (Wildman–Crippen MR) is 67.5 cm³/mol. The topological polar surface area (TPSA) is 28.7 Å². The highest BCUT2D eigenvalue weighted by atomic mass is 32.1. The van der Waals surface area contributed by atoms with Crippen LogP contribution in [0, 0.1) is 5.82 Å². The summed E-state index contributed by atoms with van der Waals surface area (Å²) in [7, 11) is 0. The molecule has 1 unspecified atom stereocenters. The number of nitrogens with zero attached hydrogens (tertiary/aromatic N) is 1. The third-order valence-corrected chi connectivity index (χ3v) is 2.89. The largest absolute Gasteiger partial charge is 0.342 e. The van der Waals surface area contributed by atoms with E-state index < -0.39 is 0 Å². The fourth-order valence-corrected chi connectivity index (χ4v) is 1.86. The SMILES string of the molecule is CC(C)c1nc2cc(F)c(C(C)S)cc2[nH]1. The summed E-state index contributed by atoms with van der Waals surface area (Å²) in [5.74, 6) is 0.961. The second-order valence-electron chi connectivity index (χ2n) is 4.34. The second-order valence-corrected chi connectivity index (χ2v) is 5.12. The summed E-state index contributed by atoms with van der Waals surface area (Å²) in [6, 6.07) is 3.26. The Hall–Kier alpha value is -1.03. The average molecular weight is 238 g/mol. The Kier molecular flexibility index (Phi) is 2.93. The highest BCUT2D eigenvalue weighted by Gasteiger charge is 2.12. The molecular formula is C12H15FN2S. The number of hydrogen-bond donors (Lipinski definition) is 2. The molecule has 0 aliphatic carbocycles. The van der Waals surface area contributed by atoms with Gasteiger partial charge in [0.05, 0.1) is 11.0 Å². The zero-order chi connectivity index (χ0) is 11.9. The van der Waals surface area contributed by atoms with Crippen LogP contribution in [0.1, 0.15) is 43.3 Å². The molecule has 0 spiro atoms. The fourth-order valence-electron chi connectivity index (χ4n) is 1.66. The molecule has 4 heteroatoms. The first-order chi connectivity index (χ1) is 7.49. The summed E-state index contributed by atoms with van der Waals surface area (Å²) in [6.45, 7) is 5.96. The van der Waals surface area contributed by atoms with Crippen molar-refractivity contribution in [3.63, 3.8) is 0 Å². The lowest BCUT2D eigenvalue weighted by Gasteiger charge is -2.05. The third kappa shape index (κ3) is 1.94. The van der Waals surface area contributed by atoms with E-state index in [-0.39, 0.29) is 11.1 Å². The van der Waals surface area contributed by atoms with E-state index in [0.717, 1.165) is 11.3 Å². The van der Waals surface area contributed by atoms with Crippen LogP contribution in [0.15, 0.2) is 12.1 Å². The Morgan fingerprint density at radius 2 is 2.00 bits per heavy atom. The summed E-state index contributed by atoms with van der Waals surface area (Å²) < 4.78 is 13.7. The van der Waals surface area contributed by atoms with Crippen LogP contribution in [-0.2, 0) is 0 Å². The number of thiol groups is 1. The molecular weight excluding hydrogens is 223 g/mol. The molecule has 0 saturated heterocycles. The van der Waals surface area contributed by atoms with E-state index in [1.54, 1.807) is 6.07 Å². The minimum atomic E-state index is -0.239. The van der Waals surface area contributed by atoms with Gasteiger partial charge >= 0.3 is 0 Å². The van der Waals surface area contributed by atoms with E-state index >= 15 is 0 Å². The normalized spacial score (nSPS) is 13.6. The summed E-state index contributed by atoms with van der Waals surface area (Å²) in [5.41, 5.74) is 2.16. The van der Waals surface area contributed by atoms with Crippen molar-refractivity contribution in [3.8, 4) is 0 Å². The summed E-state index contributed by atoms with van der Waals surface area (Å²) in [6.07, 6.45) is 0. The lowest BCUT2D eigenvalue weighted by molar-refractivity contribution is 0.613. The Labute approximate surface area is 99.7 Å². The quantitative estimate of drug-likeness (QED) is 0.765. The van der Waals surface area contributed by atoms with Crippen molar-refractivity contribution < 1.29 is 4.39 Å². The van der Waals surface area contributed by atoms with Gasteiger partial charge in [0.1, 0.15) is 11.6 Å².